The monoisotopic (exact) mass is 445 g/mol. The van der Waals surface area contributed by atoms with E-state index in [1.54, 1.807) is 37.8 Å². The number of aromatic nitrogens is 3. The number of carbonyl (C=O) groups is 3. The summed E-state index contributed by atoms with van der Waals surface area (Å²) >= 11 is 0. The van der Waals surface area contributed by atoms with Crippen molar-refractivity contribution in [3.63, 3.8) is 0 Å². The van der Waals surface area contributed by atoms with Gasteiger partial charge in [-0.3, -0.25) is 19.3 Å². The molecule has 1 atom stereocenters. The predicted molar refractivity (Wildman–Crippen MR) is 112 cm³/mol. The summed E-state index contributed by atoms with van der Waals surface area (Å²) in [6.07, 6.45) is 2.05. The van der Waals surface area contributed by atoms with E-state index in [-0.39, 0.29) is 18.7 Å². The van der Waals surface area contributed by atoms with E-state index in [0.717, 1.165) is 4.68 Å². The van der Waals surface area contributed by atoms with Gasteiger partial charge in [0.2, 0.25) is 5.91 Å². The lowest BCUT2D eigenvalue weighted by Gasteiger charge is -2.38. The van der Waals surface area contributed by atoms with E-state index in [9.17, 15) is 24.3 Å². The number of hydrogen-bond acceptors (Lipinski definition) is 7. The average Bonchev–Trinajstić information content (AvgIpc) is 3.03. The zero-order valence-corrected chi connectivity index (χ0v) is 18.3. The van der Waals surface area contributed by atoms with Gasteiger partial charge in [0, 0.05) is 25.7 Å². The van der Waals surface area contributed by atoms with Gasteiger partial charge in [-0.2, -0.15) is 4.68 Å². The number of ether oxygens (including phenoxy) is 1. The summed E-state index contributed by atoms with van der Waals surface area (Å²) in [5.41, 5.74) is -1.40. The molecule has 2 N–H and O–H groups in total. The topological polar surface area (TPSA) is 135 Å². The molecule has 0 bridgehead atoms. The van der Waals surface area contributed by atoms with Gasteiger partial charge in [-0.05, 0) is 57.7 Å². The van der Waals surface area contributed by atoms with Gasteiger partial charge in [0.05, 0.1) is 5.60 Å². The van der Waals surface area contributed by atoms with Crippen molar-refractivity contribution < 1.29 is 24.2 Å². The van der Waals surface area contributed by atoms with Gasteiger partial charge in [0.1, 0.15) is 11.6 Å². The van der Waals surface area contributed by atoms with Crippen LogP contribution in [-0.4, -0.2) is 60.8 Å². The fraction of sp³-hybridized carbons (Fsp3) is 0.571. The van der Waals surface area contributed by atoms with Crippen LogP contribution in [0.15, 0.2) is 23.1 Å². The smallest absolute Gasteiger partial charge is 0.410 e. The van der Waals surface area contributed by atoms with Crippen molar-refractivity contribution >= 4 is 23.6 Å². The minimum Gasteiger partial charge on any atom is -0.444 e. The summed E-state index contributed by atoms with van der Waals surface area (Å²) in [6.45, 7) is 6.06. The largest absolute Gasteiger partial charge is 0.444 e. The number of fused-ring (bicyclic) bond motifs is 1. The Morgan fingerprint density at radius 3 is 2.56 bits per heavy atom. The molecular weight excluding hydrogens is 418 g/mol. The Labute approximate surface area is 183 Å². The van der Waals surface area contributed by atoms with Gasteiger partial charge >= 0.3 is 11.8 Å². The van der Waals surface area contributed by atoms with Gasteiger partial charge in [-0.15, -0.1) is 5.10 Å². The lowest BCUT2D eigenvalue weighted by molar-refractivity contribution is -0.136. The van der Waals surface area contributed by atoms with E-state index >= 15 is 0 Å². The Balaban J connectivity index is 1.54. The zero-order chi connectivity index (χ0) is 23.3. The summed E-state index contributed by atoms with van der Waals surface area (Å²) < 4.78 is 7.78. The van der Waals surface area contributed by atoms with Gasteiger partial charge in [0.25, 0.3) is 5.91 Å². The van der Waals surface area contributed by atoms with E-state index in [2.05, 4.69) is 10.4 Å². The van der Waals surface area contributed by atoms with E-state index in [4.69, 9.17) is 4.74 Å². The molecule has 11 nitrogen and oxygen atoms in total. The van der Waals surface area contributed by atoms with Gasteiger partial charge < -0.3 is 14.7 Å². The third-order valence-corrected chi connectivity index (χ3v) is 5.83. The Morgan fingerprint density at radius 2 is 1.94 bits per heavy atom. The number of nitrogens with one attached hydrogen (secondary N) is 1. The Bertz CT molecular complexity index is 1140. The Kier molecular flexibility index (Phi) is 5.32. The summed E-state index contributed by atoms with van der Waals surface area (Å²) in [6, 6.07) is 2.41. The van der Waals surface area contributed by atoms with Crippen LogP contribution in [0.2, 0.25) is 0 Å². The Morgan fingerprint density at radius 1 is 1.25 bits per heavy atom. The molecule has 0 spiro atoms. The standard InChI is InChI=1S/C21H27N5O6/c1-20(2,3)32-19(30)24-10-7-21(31,8-11-24)13-6-9-25-15(12-13)23-26(18(25)29)14-4-5-16(27)22-17(14)28/h6,9,12,14,31H,4-5,7-8,10-11H2,1-3H3,(H,22,27,28). The van der Waals surface area contributed by atoms with Crippen molar-refractivity contribution in [1.82, 2.24) is 24.4 Å². The molecule has 0 aliphatic carbocycles. The molecule has 0 saturated carbocycles. The van der Waals surface area contributed by atoms with E-state index in [1.165, 1.54) is 10.6 Å². The molecule has 0 radical (unpaired) electrons. The fourth-order valence-electron chi connectivity index (χ4n) is 4.07. The first-order valence-corrected chi connectivity index (χ1v) is 10.6. The van der Waals surface area contributed by atoms with Crippen molar-refractivity contribution in [2.75, 3.05) is 13.1 Å². The molecule has 4 rings (SSSR count). The highest BCUT2D eigenvalue weighted by atomic mass is 16.6. The molecule has 172 valence electrons. The van der Waals surface area contributed by atoms with Crippen LogP contribution < -0.4 is 11.0 Å². The number of rotatable bonds is 2. The van der Waals surface area contributed by atoms with Crippen LogP contribution in [0.4, 0.5) is 4.79 Å². The minimum absolute atomic E-state index is 0.135. The van der Waals surface area contributed by atoms with Crippen LogP contribution in [0.1, 0.15) is 58.1 Å². The fourth-order valence-corrected chi connectivity index (χ4v) is 4.07. The van der Waals surface area contributed by atoms with Crippen molar-refractivity contribution in [3.05, 3.63) is 34.4 Å². The first kappa shape index (κ1) is 22.0. The zero-order valence-electron chi connectivity index (χ0n) is 18.3. The molecule has 2 aliphatic heterocycles. The molecule has 2 saturated heterocycles. The lowest BCUT2D eigenvalue weighted by atomic mass is 9.85. The summed E-state index contributed by atoms with van der Waals surface area (Å²) in [4.78, 5) is 50.1. The maximum absolute atomic E-state index is 12.7. The highest BCUT2D eigenvalue weighted by molar-refractivity contribution is 5.99. The average molecular weight is 445 g/mol. The lowest BCUT2D eigenvalue weighted by Crippen LogP contribution is -2.46. The van der Waals surface area contributed by atoms with Crippen LogP contribution in [0.5, 0.6) is 0 Å². The molecule has 11 heteroatoms. The van der Waals surface area contributed by atoms with Crippen LogP contribution in [0.25, 0.3) is 5.65 Å². The number of nitrogens with zero attached hydrogens (tertiary/aromatic N) is 4. The molecule has 1 unspecified atom stereocenters. The second kappa shape index (κ2) is 7.73. The minimum atomic E-state index is -1.19. The van der Waals surface area contributed by atoms with Crippen LogP contribution in [-0.2, 0) is 19.9 Å². The summed E-state index contributed by atoms with van der Waals surface area (Å²) in [5, 5.41) is 17.7. The number of piperidine rings is 2. The third kappa shape index (κ3) is 4.12. The second-order valence-corrected chi connectivity index (χ2v) is 9.34. The number of likely N-dealkylation sites (tertiary alicyclic amines) is 1. The first-order valence-electron chi connectivity index (χ1n) is 10.6. The number of aliphatic hydroxyl groups is 1. The third-order valence-electron chi connectivity index (χ3n) is 5.83. The first-order chi connectivity index (χ1) is 15.0. The summed E-state index contributed by atoms with van der Waals surface area (Å²) in [5.74, 6) is -0.926. The van der Waals surface area contributed by atoms with E-state index in [1.807, 2.05) is 0 Å². The van der Waals surface area contributed by atoms with Gasteiger partial charge in [-0.1, -0.05) is 0 Å². The SMILES string of the molecule is CC(C)(C)OC(=O)N1CCC(O)(c2ccn3c(=O)n(C4CCC(=O)NC4=O)nc3c2)CC1. The van der Waals surface area contributed by atoms with Gasteiger partial charge in [0.15, 0.2) is 5.65 Å². The van der Waals surface area contributed by atoms with Crippen LogP contribution in [0.3, 0.4) is 0 Å². The molecule has 2 fully saturated rings. The van der Waals surface area contributed by atoms with Crippen LogP contribution >= 0.6 is 0 Å². The molecule has 0 aromatic carbocycles. The normalized spacial score (nSPS) is 21.5. The highest BCUT2D eigenvalue weighted by Gasteiger charge is 2.37. The van der Waals surface area contributed by atoms with E-state index < -0.39 is 34.9 Å². The quantitative estimate of drug-likeness (QED) is 0.649. The summed E-state index contributed by atoms with van der Waals surface area (Å²) in [7, 11) is 0. The molecular formula is C21H27N5O6. The van der Waals surface area contributed by atoms with E-state index in [0.29, 0.717) is 37.1 Å². The predicted octanol–water partition coefficient (Wildman–Crippen LogP) is 0.692. The molecule has 3 amide bonds. The number of imide groups is 1. The number of pyridine rings is 1. The maximum Gasteiger partial charge on any atom is 0.410 e. The number of amides is 3. The number of carbonyl (C=O) groups excluding carboxylic acids is 3. The van der Waals surface area contributed by atoms with Crippen LogP contribution in [0, 0.1) is 0 Å². The molecule has 2 aliphatic rings. The molecule has 2 aromatic heterocycles. The van der Waals surface area contributed by atoms with Gasteiger partial charge in [-0.25, -0.2) is 9.59 Å². The van der Waals surface area contributed by atoms with Crippen molar-refractivity contribution in [3.8, 4) is 0 Å². The van der Waals surface area contributed by atoms with Crippen molar-refractivity contribution in [1.29, 1.82) is 0 Å². The molecule has 32 heavy (non-hydrogen) atoms. The van der Waals surface area contributed by atoms with Crippen molar-refractivity contribution in [2.24, 2.45) is 0 Å². The number of hydrogen-bond donors (Lipinski definition) is 2. The molecule has 2 aromatic rings. The second-order valence-electron chi connectivity index (χ2n) is 9.34. The molecule has 4 heterocycles. The highest BCUT2D eigenvalue weighted by Crippen LogP contribution is 2.33. The Hall–Kier alpha value is -3.21. The maximum atomic E-state index is 12.7. The van der Waals surface area contributed by atoms with Crippen molar-refractivity contribution in [2.45, 2.75) is 63.7 Å².